The third-order valence-electron chi connectivity index (χ3n) is 5.94. The molecule has 0 radical (unpaired) electrons. The number of ether oxygens (including phenoxy) is 1. The van der Waals surface area contributed by atoms with E-state index in [0.29, 0.717) is 11.0 Å². The quantitative estimate of drug-likeness (QED) is 0.335. The van der Waals surface area contributed by atoms with Crippen molar-refractivity contribution in [2.24, 2.45) is 0 Å². The molecule has 1 N–H and O–H groups in total. The standard InChI is InChI=1S/C25H18BrClN4O/c1-14-2-4-16(5-3-14)24-21-22(19-12-18(27)10-11-20(19)32-24)30-25-28-13-29-31(25)23(21)15-6-8-17(26)9-7-15/h2-13,23-24H,1H3,(H,28,29,30)/t23-,24+/m0/s1. The normalized spacial score (nSPS) is 18.8. The van der Waals surface area contributed by atoms with Crippen LogP contribution in [-0.2, 0) is 0 Å². The number of nitrogens with zero attached hydrogens (tertiary/aromatic N) is 3. The van der Waals surface area contributed by atoms with Crippen molar-refractivity contribution in [1.82, 2.24) is 14.8 Å². The molecule has 0 unspecified atom stereocenters. The van der Waals surface area contributed by atoms with Gasteiger partial charge in [-0.05, 0) is 48.4 Å². The molecule has 0 spiro atoms. The summed E-state index contributed by atoms with van der Waals surface area (Å²) in [5, 5.41) is 8.72. The number of anilines is 1. The molecule has 0 bridgehead atoms. The maximum absolute atomic E-state index is 6.62. The lowest BCUT2D eigenvalue weighted by Gasteiger charge is -2.39. The lowest BCUT2D eigenvalue weighted by molar-refractivity contribution is 0.223. The summed E-state index contributed by atoms with van der Waals surface area (Å²) in [6, 6.07) is 22.3. The zero-order chi connectivity index (χ0) is 21.8. The van der Waals surface area contributed by atoms with Gasteiger partial charge in [0.1, 0.15) is 24.2 Å². The first-order valence-corrected chi connectivity index (χ1v) is 11.4. The summed E-state index contributed by atoms with van der Waals surface area (Å²) in [6.45, 7) is 2.09. The van der Waals surface area contributed by atoms with Gasteiger partial charge in [-0.3, -0.25) is 0 Å². The van der Waals surface area contributed by atoms with Gasteiger partial charge < -0.3 is 10.1 Å². The Kier molecular flexibility index (Phi) is 4.59. The Bertz CT molecular complexity index is 1360. The van der Waals surface area contributed by atoms with E-state index in [0.717, 1.165) is 38.2 Å². The van der Waals surface area contributed by atoms with Crippen LogP contribution in [0.15, 0.2) is 83.1 Å². The first kappa shape index (κ1) is 19.6. The molecule has 0 fully saturated rings. The van der Waals surface area contributed by atoms with Crippen LogP contribution in [0.1, 0.15) is 34.4 Å². The number of benzene rings is 3. The molecule has 0 saturated heterocycles. The van der Waals surface area contributed by atoms with Crippen molar-refractivity contribution in [1.29, 1.82) is 0 Å². The molecule has 0 saturated carbocycles. The van der Waals surface area contributed by atoms with E-state index in [9.17, 15) is 0 Å². The highest BCUT2D eigenvalue weighted by Crippen LogP contribution is 2.51. The van der Waals surface area contributed by atoms with Crippen LogP contribution in [0.4, 0.5) is 5.95 Å². The van der Waals surface area contributed by atoms with Gasteiger partial charge in [0.25, 0.3) is 0 Å². The molecule has 2 aliphatic rings. The second-order valence-corrected chi connectivity index (χ2v) is 9.34. The second kappa shape index (κ2) is 7.50. The summed E-state index contributed by atoms with van der Waals surface area (Å²) in [6.07, 6.45) is 1.28. The summed E-state index contributed by atoms with van der Waals surface area (Å²) in [4.78, 5) is 4.47. The van der Waals surface area contributed by atoms with Gasteiger partial charge in [0.2, 0.25) is 5.95 Å². The van der Waals surface area contributed by atoms with Crippen molar-refractivity contribution in [2.45, 2.75) is 19.1 Å². The first-order valence-electron chi connectivity index (χ1n) is 10.3. The van der Waals surface area contributed by atoms with Gasteiger partial charge in [0.05, 0.1) is 5.70 Å². The number of fused-ring (bicyclic) bond motifs is 3. The molecule has 158 valence electrons. The van der Waals surface area contributed by atoms with E-state index in [1.807, 2.05) is 35.0 Å². The van der Waals surface area contributed by atoms with Gasteiger partial charge in [0, 0.05) is 20.6 Å². The molecule has 0 aliphatic carbocycles. The lowest BCUT2D eigenvalue weighted by Crippen LogP contribution is -2.32. The Labute approximate surface area is 198 Å². The summed E-state index contributed by atoms with van der Waals surface area (Å²) < 4.78 is 9.56. The molecule has 7 heteroatoms. The minimum atomic E-state index is -0.294. The monoisotopic (exact) mass is 504 g/mol. The second-order valence-electron chi connectivity index (χ2n) is 7.99. The minimum absolute atomic E-state index is 0.185. The van der Waals surface area contributed by atoms with Gasteiger partial charge in [-0.1, -0.05) is 69.5 Å². The van der Waals surface area contributed by atoms with Crippen LogP contribution in [0.2, 0.25) is 5.02 Å². The molecule has 6 rings (SSSR count). The number of aryl methyl sites for hydroxylation is 1. The molecule has 3 aromatic carbocycles. The number of aromatic nitrogens is 3. The largest absolute Gasteiger partial charge is 0.480 e. The summed E-state index contributed by atoms with van der Waals surface area (Å²) >= 11 is 9.93. The zero-order valence-electron chi connectivity index (χ0n) is 17.1. The zero-order valence-corrected chi connectivity index (χ0v) is 19.4. The maximum atomic E-state index is 6.62. The van der Waals surface area contributed by atoms with Gasteiger partial charge in [-0.15, -0.1) is 0 Å². The SMILES string of the molecule is Cc1ccc([C@H]2Oc3ccc(Cl)cc3C3=C2[C@H](c2ccc(Br)cc2)n2ncnc2N3)cc1. The minimum Gasteiger partial charge on any atom is -0.480 e. The summed E-state index contributed by atoms with van der Waals surface area (Å²) in [5.74, 6) is 1.47. The molecule has 5 nitrogen and oxygen atoms in total. The molecule has 2 aliphatic heterocycles. The molecule has 4 aromatic rings. The fourth-order valence-corrected chi connectivity index (χ4v) is 4.86. The fourth-order valence-electron chi connectivity index (χ4n) is 4.42. The van der Waals surface area contributed by atoms with Crippen molar-refractivity contribution < 1.29 is 4.74 Å². The van der Waals surface area contributed by atoms with E-state index in [2.05, 4.69) is 74.7 Å². The Balaban J connectivity index is 1.63. The van der Waals surface area contributed by atoms with Crippen LogP contribution >= 0.6 is 27.5 Å². The molecule has 0 amide bonds. The van der Waals surface area contributed by atoms with Crippen LogP contribution < -0.4 is 10.1 Å². The highest BCUT2D eigenvalue weighted by atomic mass is 79.9. The van der Waals surface area contributed by atoms with Crippen LogP contribution in [0.5, 0.6) is 5.75 Å². The molecule has 1 aromatic heterocycles. The van der Waals surface area contributed by atoms with Crippen molar-refractivity contribution in [3.05, 3.63) is 110 Å². The summed E-state index contributed by atoms with van der Waals surface area (Å²) in [5.41, 5.74) is 6.34. The van der Waals surface area contributed by atoms with E-state index in [-0.39, 0.29) is 12.1 Å². The van der Waals surface area contributed by atoms with Gasteiger partial charge in [-0.25, -0.2) is 4.68 Å². The Hall–Kier alpha value is -3.09. The number of rotatable bonds is 2. The van der Waals surface area contributed by atoms with Crippen LogP contribution in [0.3, 0.4) is 0 Å². The van der Waals surface area contributed by atoms with E-state index < -0.39 is 0 Å². The van der Waals surface area contributed by atoms with Crippen molar-refractivity contribution >= 4 is 39.2 Å². The highest BCUT2D eigenvalue weighted by molar-refractivity contribution is 9.10. The van der Waals surface area contributed by atoms with E-state index >= 15 is 0 Å². The Morgan fingerprint density at radius 1 is 1.00 bits per heavy atom. The topological polar surface area (TPSA) is 52.0 Å². The maximum Gasteiger partial charge on any atom is 0.226 e. The average molecular weight is 506 g/mol. The van der Waals surface area contributed by atoms with Gasteiger partial charge in [0.15, 0.2) is 0 Å². The fraction of sp³-hybridized carbons (Fsp3) is 0.120. The van der Waals surface area contributed by atoms with Crippen LogP contribution in [0.25, 0.3) is 5.70 Å². The van der Waals surface area contributed by atoms with Crippen LogP contribution in [-0.4, -0.2) is 14.8 Å². The van der Waals surface area contributed by atoms with E-state index in [4.69, 9.17) is 16.3 Å². The van der Waals surface area contributed by atoms with E-state index in [1.165, 1.54) is 5.56 Å². The van der Waals surface area contributed by atoms with Gasteiger partial charge in [-0.2, -0.15) is 10.1 Å². The number of halogens is 2. The predicted octanol–water partition coefficient (Wildman–Crippen LogP) is 6.56. The van der Waals surface area contributed by atoms with Crippen molar-refractivity contribution in [3.8, 4) is 5.75 Å². The number of hydrogen-bond acceptors (Lipinski definition) is 4. The Morgan fingerprint density at radius 3 is 2.53 bits per heavy atom. The lowest BCUT2D eigenvalue weighted by atomic mass is 9.84. The Morgan fingerprint density at radius 2 is 1.75 bits per heavy atom. The molecule has 3 heterocycles. The predicted molar refractivity (Wildman–Crippen MR) is 129 cm³/mol. The number of hydrogen-bond donors (Lipinski definition) is 1. The smallest absolute Gasteiger partial charge is 0.226 e. The van der Waals surface area contributed by atoms with Gasteiger partial charge >= 0.3 is 0 Å². The highest BCUT2D eigenvalue weighted by Gasteiger charge is 2.40. The molecule has 2 atom stereocenters. The van der Waals surface area contributed by atoms with E-state index in [1.54, 1.807) is 6.33 Å². The molecule has 32 heavy (non-hydrogen) atoms. The van der Waals surface area contributed by atoms with Crippen molar-refractivity contribution in [2.75, 3.05) is 5.32 Å². The molecular formula is C25H18BrClN4O. The summed E-state index contributed by atoms with van der Waals surface area (Å²) in [7, 11) is 0. The molecular weight excluding hydrogens is 488 g/mol. The average Bonchev–Trinajstić information content (AvgIpc) is 3.27. The van der Waals surface area contributed by atoms with Crippen molar-refractivity contribution in [3.63, 3.8) is 0 Å². The van der Waals surface area contributed by atoms with Crippen LogP contribution in [0, 0.1) is 6.92 Å². The third kappa shape index (κ3) is 3.14. The number of nitrogens with one attached hydrogen (secondary N) is 1. The first-order chi connectivity index (χ1) is 15.6. The third-order valence-corrected chi connectivity index (χ3v) is 6.71.